The van der Waals surface area contributed by atoms with Crippen LogP contribution in [-0.4, -0.2) is 42.0 Å². The van der Waals surface area contributed by atoms with Crippen LogP contribution in [0.25, 0.3) is 0 Å². The third kappa shape index (κ3) is 4.32. The van der Waals surface area contributed by atoms with Gasteiger partial charge in [0.15, 0.2) is 0 Å². The van der Waals surface area contributed by atoms with E-state index in [2.05, 4.69) is 10.3 Å². The minimum Gasteiger partial charge on any atom is -0.464 e. The van der Waals surface area contributed by atoms with E-state index in [1.54, 1.807) is 19.1 Å². The van der Waals surface area contributed by atoms with Crippen molar-refractivity contribution in [3.63, 3.8) is 0 Å². The molecule has 0 aliphatic heterocycles. The van der Waals surface area contributed by atoms with Crippen molar-refractivity contribution >= 4 is 11.9 Å². The maximum atomic E-state index is 13.1. The molecule has 1 unspecified atom stereocenters. The summed E-state index contributed by atoms with van der Waals surface area (Å²) in [6, 6.07) is 2.51. The number of ether oxygens (including phenoxy) is 1. The Morgan fingerprint density at radius 3 is 2.54 bits per heavy atom. The van der Waals surface area contributed by atoms with E-state index in [1.807, 2.05) is 0 Å². The zero-order valence-electron chi connectivity index (χ0n) is 16.0. The van der Waals surface area contributed by atoms with Gasteiger partial charge in [-0.1, -0.05) is 6.42 Å². The van der Waals surface area contributed by atoms with Gasteiger partial charge >= 0.3 is 5.97 Å². The highest BCUT2D eigenvalue weighted by molar-refractivity contribution is 5.96. The van der Waals surface area contributed by atoms with Gasteiger partial charge in [-0.25, -0.2) is 13.6 Å². The molecule has 3 N–H and O–H groups in total. The molecule has 2 aliphatic carbocycles. The quantitative estimate of drug-likeness (QED) is 0.660. The number of hydrogen-bond acceptors (Lipinski definition) is 5. The lowest BCUT2D eigenvalue weighted by molar-refractivity contribution is -0.149. The number of nitrogens with one attached hydrogen (secondary N) is 1. The Morgan fingerprint density at radius 2 is 2.07 bits per heavy atom. The number of nitrogens with zero attached hydrogens (tertiary/aromatic N) is 1. The Bertz CT molecular complexity index is 706. The van der Waals surface area contributed by atoms with Crippen LogP contribution >= 0.6 is 0 Å². The number of alkyl halides is 2. The molecule has 0 spiro atoms. The summed E-state index contributed by atoms with van der Waals surface area (Å²) in [6.45, 7) is 2.33. The molecule has 2 fully saturated rings. The van der Waals surface area contributed by atoms with E-state index in [0.717, 1.165) is 25.0 Å². The maximum absolute atomic E-state index is 13.1. The lowest BCUT2D eigenvalue weighted by atomic mass is 9.66. The van der Waals surface area contributed by atoms with Crippen LogP contribution in [0, 0.1) is 5.92 Å². The average molecular weight is 395 g/mol. The van der Waals surface area contributed by atoms with Crippen molar-refractivity contribution < 1.29 is 23.1 Å². The van der Waals surface area contributed by atoms with E-state index in [4.69, 9.17) is 10.5 Å². The number of halogens is 2. The summed E-state index contributed by atoms with van der Waals surface area (Å²) in [6.07, 6.45) is 4.16. The van der Waals surface area contributed by atoms with Gasteiger partial charge < -0.3 is 15.8 Å². The van der Waals surface area contributed by atoms with E-state index in [1.165, 1.54) is 6.20 Å². The Kier molecular flexibility index (Phi) is 5.98. The molecule has 8 heteroatoms. The van der Waals surface area contributed by atoms with Crippen LogP contribution < -0.4 is 11.1 Å². The van der Waals surface area contributed by atoms with Crippen LogP contribution in [0.15, 0.2) is 18.3 Å². The zero-order valence-corrected chi connectivity index (χ0v) is 16.0. The topological polar surface area (TPSA) is 94.3 Å². The number of carbonyl (C=O) groups is 2. The number of aromatic nitrogens is 1. The first-order valence-corrected chi connectivity index (χ1v) is 9.80. The lowest BCUT2D eigenvalue weighted by Crippen LogP contribution is -2.46. The molecule has 28 heavy (non-hydrogen) atoms. The summed E-state index contributed by atoms with van der Waals surface area (Å²) < 4.78 is 31.2. The zero-order chi connectivity index (χ0) is 20.4. The minimum atomic E-state index is -2.67. The van der Waals surface area contributed by atoms with E-state index >= 15 is 0 Å². The second-order valence-corrected chi connectivity index (χ2v) is 7.91. The van der Waals surface area contributed by atoms with Crippen molar-refractivity contribution in [2.75, 3.05) is 13.2 Å². The highest BCUT2D eigenvalue weighted by Crippen LogP contribution is 2.44. The third-order valence-corrected chi connectivity index (χ3v) is 5.89. The van der Waals surface area contributed by atoms with E-state index < -0.39 is 23.8 Å². The number of carbonyl (C=O) groups excluding carboxylic acids is 2. The molecule has 1 aromatic rings. The van der Waals surface area contributed by atoms with Crippen molar-refractivity contribution in [2.24, 2.45) is 11.7 Å². The molecule has 1 aromatic heterocycles. The molecule has 0 saturated heterocycles. The molecule has 2 saturated carbocycles. The highest BCUT2D eigenvalue weighted by Gasteiger charge is 2.46. The second kappa shape index (κ2) is 8.11. The Labute approximate surface area is 163 Å². The summed E-state index contributed by atoms with van der Waals surface area (Å²) in [4.78, 5) is 29.1. The molecular formula is C20H27F2N3O3. The number of hydrogen-bond donors (Lipinski definition) is 2. The standard InChI is InChI=1S/C20H27F2N3O3/c1-2-28-18(27)15(8-13-9-20(21,22)10-13)25-17(26)14-4-5-16(24-11-14)19(12-23)6-3-7-19/h4-5,11,13,15H,2-3,6-10,12,23H2,1H3,(H,25,26). The Hall–Kier alpha value is -2.09. The van der Waals surface area contributed by atoms with E-state index in [0.29, 0.717) is 12.1 Å². The number of esters is 1. The van der Waals surface area contributed by atoms with Gasteiger partial charge in [0.05, 0.1) is 12.2 Å². The normalized spacial score (nSPS) is 21.1. The molecule has 6 nitrogen and oxygen atoms in total. The molecule has 0 bridgehead atoms. The fraction of sp³-hybridized carbons (Fsp3) is 0.650. The van der Waals surface area contributed by atoms with Gasteiger partial charge in [-0.2, -0.15) is 0 Å². The molecule has 1 atom stereocenters. The van der Waals surface area contributed by atoms with Gasteiger partial charge in [0.25, 0.3) is 5.91 Å². The van der Waals surface area contributed by atoms with Crippen LogP contribution in [0.4, 0.5) is 8.78 Å². The SMILES string of the molecule is CCOC(=O)C(CC1CC(F)(F)C1)NC(=O)c1ccc(C2(CN)CCC2)nc1. The molecule has 0 aromatic carbocycles. The van der Waals surface area contributed by atoms with Crippen molar-refractivity contribution in [2.45, 2.75) is 62.8 Å². The van der Waals surface area contributed by atoms with Crippen molar-refractivity contribution in [1.82, 2.24) is 10.3 Å². The van der Waals surface area contributed by atoms with E-state index in [-0.39, 0.29) is 37.2 Å². The predicted octanol–water partition coefficient (Wildman–Crippen LogP) is 2.56. The van der Waals surface area contributed by atoms with Gasteiger partial charge in [0, 0.05) is 36.7 Å². The Morgan fingerprint density at radius 1 is 1.36 bits per heavy atom. The first-order valence-electron chi connectivity index (χ1n) is 9.80. The van der Waals surface area contributed by atoms with Gasteiger partial charge in [0.1, 0.15) is 6.04 Å². The lowest BCUT2D eigenvalue weighted by Gasteiger charge is -2.40. The first kappa shape index (κ1) is 20.6. The Balaban J connectivity index is 1.64. The molecule has 0 radical (unpaired) electrons. The van der Waals surface area contributed by atoms with Crippen LogP contribution in [0.3, 0.4) is 0 Å². The monoisotopic (exact) mass is 395 g/mol. The van der Waals surface area contributed by atoms with Gasteiger partial charge in [0.2, 0.25) is 5.92 Å². The number of amides is 1. The van der Waals surface area contributed by atoms with E-state index in [9.17, 15) is 18.4 Å². The number of rotatable bonds is 8. The molecule has 154 valence electrons. The number of pyridine rings is 1. The third-order valence-electron chi connectivity index (χ3n) is 5.89. The summed E-state index contributed by atoms with van der Waals surface area (Å²) in [5.41, 5.74) is 6.97. The molecule has 3 rings (SSSR count). The molecule has 1 amide bonds. The maximum Gasteiger partial charge on any atom is 0.328 e. The number of nitrogens with two attached hydrogens (primary N) is 1. The molecular weight excluding hydrogens is 368 g/mol. The fourth-order valence-corrected chi connectivity index (χ4v) is 3.99. The summed E-state index contributed by atoms with van der Waals surface area (Å²) in [5, 5.41) is 2.62. The smallest absolute Gasteiger partial charge is 0.328 e. The highest BCUT2D eigenvalue weighted by atomic mass is 19.3. The summed E-state index contributed by atoms with van der Waals surface area (Å²) >= 11 is 0. The van der Waals surface area contributed by atoms with Gasteiger partial charge in [-0.3, -0.25) is 9.78 Å². The van der Waals surface area contributed by atoms with Crippen LogP contribution in [0.1, 0.15) is 61.5 Å². The predicted molar refractivity (Wildman–Crippen MR) is 99.0 cm³/mol. The van der Waals surface area contributed by atoms with Gasteiger partial charge in [-0.15, -0.1) is 0 Å². The van der Waals surface area contributed by atoms with Gasteiger partial charge in [-0.05, 0) is 44.2 Å². The van der Waals surface area contributed by atoms with Crippen LogP contribution in [-0.2, 0) is 14.9 Å². The fourth-order valence-electron chi connectivity index (χ4n) is 3.99. The molecule has 1 heterocycles. The van der Waals surface area contributed by atoms with Crippen molar-refractivity contribution in [3.05, 3.63) is 29.6 Å². The average Bonchev–Trinajstić information content (AvgIpc) is 2.60. The van der Waals surface area contributed by atoms with Crippen LogP contribution in [0.5, 0.6) is 0 Å². The second-order valence-electron chi connectivity index (χ2n) is 7.91. The minimum absolute atomic E-state index is 0.0993. The largest absolute Gasteiger partial charge is 0.464 e. The van der Waals surface area contributed by atoms with Crippen molar-refractivity contribution in [1.29, 1.82) is 0 Å². The summed E-state index contributed by atoms with van der Waals surface area (Å²) in [5.74, 6) is -4.06. The van der Waals surface area contributed by atoms with Crippen molar-refractivity contribution in [3.8, 4) is 0 Å². The first-order chi connectivity index (χ1) is 13.3. The summed E-state index contributed by atoms with van der Waals surface area (Å²) in [7, 11) is 0. The molecule has 2 aliphatic rings. The van der Waals surface area contributed by atoms with Crippen LogP contribution in [0.2, 0.25) is 0 Å².